The Hall–Kier alpha value is -1.37. The number of benzene rings is 1. The smallest absolute Gasteiger partial charge is 0.0389 e. The van der Waals surface area contributed by atoms with Crippen molar-refractivity contribution in [2.45, 2.75) is 19.8 Å². The molecular formula is C13H14N. The lowest BCUT2D eigenvalue weighted by Gasteiger charge is -2.05. The molecule has 1 aromatic carbocycles. The maximum absolute atomic E-state index is 7.93. The van der Waals surface area contributed by atoms with Crippen molar-refractivity contribution in [3.05, 3.63) is 47.9 Å². The molecule has 0 unspecified atom stereocenters. The highest BCUT2D eigenvalue weighted by Gasteiger charge is 2.16. The molecule has 0 fully saturated rings. The van der Waals surface area contributed by atoms with Crippen LogP contribution in [0.1, 0.15) is 30.9 Å². The fourth-order valence-corrected chi connectivity index (χ4v) is 1.80. The lowest BCUT2D eigenvalue weighted by molar-refractivity contribution is 0.992. The molecule has 0 aliphatic heterocycles. The Kier molecular flexibility index (Phi) is 2.49. The van der Waals surface area contributed by atoms with Crippen LogP contribution in [0.15, 0.2) is 30.3 Å². The van der Waals surface area contributed by atoms with Gasteiger partial charge in [0.05, 0.1) is 0 Å². The van der Waals surface area contributed by atoms with Crippen LogP contribution >= 0.6 is 0 Å². The van der Waals surface area contributed by atoms with E-state index < -0.39 is 0 Å². The second kappa shape index (κ2) is 3.79. The summed E-state index contributed by atoms with van der Waals surface area (Å²) in [6.45, 7) is 2.11. The van der Waals surface area contributed by atoms with Gasteiger partial charge in [0.2, 0.25) is 0 Å². The van der Waals surface area contributed by atoms with Crippen LogP contribution < -0.4 is 0 Å². The molecule has 0 spiro atoms. The summed E-state index contributed by atoms with van der Waals surface area (Å²) in [5.74, 6) is 0. The summed E-state index contributed by atoms with van der Waals surface area (Å²) in [5.41, 5.74) is 4.31. The first-order valence-corrected chi connectivity index (χ1v) is 5.05. The summed E-state index contributed by atoms with van der Waals surface area (Å²) in [4.78, 5) is 0. The average Bonchev–Trinajstić information content (AvgIpc) is 2.61. The van der Waals surface area contributed by atoms with Crippen LogP contribution in [0.25, 0.3) is 5.57 Å². The molecular weight excluding hydrogens is 170 g/mol. The van der Waals surface area contributed by atoms with E-state index in [0.717, 1.165) is 24.1 Å². The molecule has 0 saturated heterocycles. The molecule has 0 aromatic heterocycles. The summed E-state index contributed by atoms with van der Waals surface area (Å²) < 4.78 is 0. The molecule has 1 nitrogen and oxygen atoms in total. The Balaban J connectivity index is 2.29. The lowest BCUT2D eigenvalue weighted by atomic mass is 10.00. The lowest BCUT2D eigenvalue weighted by Crippen LogP contribution is -1.98. The first-order chi connectivity index (χ1) is 6.83. The van der Waals surface area contributed by atoms with Gasteiger partial charge in [0.25, 0.3) is 0 Å². The van der Waals surface area contributed by atoms with Crippen molar-refractivity contribution in [2.24, 2.45) is 0 Å². The highest BCUT2D eigenvalue weighted by atomic mass is 14.4. The van der Waals surface area contributed by atoms with Crippen LogP contribution in [0.3, 0.4) is 0 Å². The van der Waals surface area contributed by atoms with Gasteiger partial charge in [0, 0.05) is 12.1 Å². The number of hydrogen-bond donors (Lipinski definition) is 1. The number of nitrogens with one attached hydrogen (secondary N) is 1. The Morgan fingerprint density at radius 3 is 2.86 bits per heavy atom. The van der Waals surface area contributed by atoms with E-state index in [1.807, 2.05) is 12.1 Å². The number of rotatable bonds is 3. The Bertz CT molecular complexity index is 388. The molecule has 0 heterocycles. The molecule has 1 aliphatic carbocycles. The summed E-state index contributed by atoms with van der Waals surface area (Å²) >= 11 is 0. The standard InChI is InChI=1S/C13H14N/c1-2-5-13(14)12-9-8-10-6-3-4-7-11(10)12/h3-4,6-9,14H,2,5H2,1H3. The van der Waals surface area contributed by atoms with E-state index in [1.54, 1.807) is 0 Å². The van der Waals surface area contributed by atoms with E-state index in [4.69, 9.17) is 5.41 Å². The monoisotopic (exact) mass is 184 g/mol. The van der Waals surface area contributed by atoms with E-state index in [9.17, 15) is 0 Å². The molecule has 0 saturated carbocycles. The molecule has 71 valence electrons. The van der Waals surface area contributed by atoms with Gasteiger partial charge in [-0.2, -0.15) is 0 Å². The van der Waals surface area contributed by atoms with Gasteiger partial charge >= 0.3 is 0 Å². The predicted molar refractivity (Wildman–Crippen MR) is 60.5 cm³/mol. The van der Waals surface area contributed by atoms with Crippen molar-refractivity contribution >= 4 is 11.3 Å². The minimum atomic E-state index is 0.758. The molecule has 1 aliphatic rings. The SMILES string of the molecule is CCCC(=N)C1=C[CH]c2ccccc21. The number of allylic oxidation sites excluding steroid dienone is 2. The predicted octanol–water partition coefficient (Wildman–Crippen LogP) is 3.46. The van der Waals surface area contributed by atoms with Gasteiger partial charge in [0.15, 0.2) is 0 Å². The number of hydrogen-bond acceptors (Lipinski definition) is 1. The Labute approximate surface area is 85.0 Å². The largest absolute Gasteiger partial charge is 0.305 e. The van der Waals surface area contributed by atoms with Crippen LogP contribution in [0, 0.1) is 11.8 Å². The zero-order chi connectivity index (χ0) is 9.97. The van der Waals surface area contributed by atoms with Gasteiger partial charge in [-0.3, -0.25) is 0 Å². The van der Waals surface area contributed by atoms with Gasteiger partial charge in [0.1, 0.15) is 0 Å². The van der Waals surface area contributed by atoms with Crippen molar-refractivity contribution in [1.82, 2.24) is 0 Å². The third-order valence-corrected chi connectivity index (χ3v) is 2.51. The zero-order valence-electron chi connectivity index (χ0n) is 8.38. The highest BCUT2D eigenvalue weighted by Crippen LogP contribution is 2.29. The summed E-state index contributed by atoms with van der Waals surface area (Å²) in [7, 11) is 0. The van der Waals surface area contributed by atoms with Crippen molar-refractivity contribution in [3.8, 4) is 0 Å². The second-order valence-electron chi connectivity index (χ2n) is 3.56. The number of fused-ring (bicyclic) bond motifs is 1. The Morgan fingerprint density at radius 1 is 1.29 bits per heavy atom. The first kappa shape index (κ1) is 9.20. The van der Waals surface area contributed by atoms with Crippen LogP contribution in [0.5, 0.6) is 0 Å². The summed E-state index contributed by atoms with van der Waals surface area (Å²) in [6.07, 6.45) is 6.06. The average molecular weight is 184 g/mol. The zero-order valence-corrected chi connectivity index (χ0v) is 8.38. The molecule has 1 radical (unpaired) electrons. The molecule has 1 aromatic rings. The summed E-state index contributed by atoms with van der Waals surface area (Å²) in [6, 6.07) is 8.26. The maximum atomic E-state index is 7.93. The van der Waals surface area contributed by atoms with Crippen molar-refractivity contribution in [3.63, 3.8) is 0 Å². The van der Waals surface area contributed by atoms with E-state index in [2.05, 4.69) is 31.6 Å². The van der Waals surface area contributed by atoms with Gasteiger partial charge in [-0.1, -0.05) is 43.7 Å². The fraction of sp³-hybridized carbons (Fsp3) is 0.231. The minimum absolute atomic E-state index is 0.758. The topological polar surface area (TPSA) is 23.9 Å². The van der Waals surface area contributed by atoms with Crippen LogP contribution in [0.4, 0.5) is 0 Å². The van der Waals surface area contributed by atoms with E-state index in [0.29, 0.717) is 0 Å². The molecule has 0 amide bonds. The minimum Gasteiger partial charge on any atom is -0.305 e. The maximum Gasteiger partial charge on any atom is 0.0389 e. The third kappa shape index (κ3) is 1.50. The molecule has 0 atom stereocenters. The van der Waals surface area contributed by atoms with E-state index in [1.165, 1.54) is 11.1 Å². The van der Waals surface area contributed by atoms with Crippen LogP contribution in [-0.4, -0.2) is 5.71 Å². The quantitative estimate of drug-likeness (QED) is 0.696. The van der Waals surface area contributed by atoms with Gasteiger partial charge in [-0.05, 0) is 23.1 Å². The fourth-order valence-electron chi connectivity index (χ4n) is 1.80. The van der Waals surface area contributed by atoms with Gasteiger partial charge in [-0.25, -0.2) is 0 Å². The first-order valence-electron chi connectivity index (χ1n) is 5.05. The van der Waals surface area contributed by atoms with Gasteiger partial charge < -0.3 is 5.41 Å². The molecule has 14 heavy (non-hydrogen) atoms. The van der Waals surface area contributed by atoms with Crippen LogP contribution in [0.2, 0.25) is 0 Å². The van der Waals surface area contributed by atoms with Crippen molar-refractivity contribution < 1.29 is 0 Å². The molecule has 0 bridgehead atoms. The molecule has 1 heteroatoms. The van der Waals surface area contributed by atoms with Crippen molar-refractivity contribution in [2.75, 3.05) is 0 Å². The molecule has 2 rings (SSSR count). The van der Waals surface area contributed by atoms with E-state index in [-0.39, 0.29) is 0 Å². The van der Waals surface area contributed by atoms with E-state index >= 15 is 0 Å². The third-order valence-electron chi connectivity index (χ3n) is 2.51. The Morgan fingerprint density at radius 2 is 2.07 bits per heavy atom. The molecule has 1 N–H and O–H groups in total. The highest BCUT2D eigenvalue weighted by molar-refractivity contribution is 6.24. The van der Waals surface area contributed by atoms with Gasteiger partial charge in [-0.15, -0.1) is 0 Å². The second-order valence-corrected chi connectivity index (χ2v) is 3.56. The van der Waals surface area contributed by atoms with Crippen molar-refractivity contribution in [1.29, 1.82) is 5.41 Å². The summed E-state index contributed by atoms with van der Waals surface area (Å²) in [5, 5.41) is 7.93. The normalized spacial score (nSPS) is 13.6. The van der Waals surface area contributed by atoms with Crippen LogP contribution in [-0.2, 0) is 0 Å².